The number of amides is 2. The van der Waals surface area contributed by atoms with Gasteiger partial charge in [-0.05, 0) is 48.9 Å². The number of hydrogen-bond donors (Lipinski definition) is 2. The fraction of sp³-hybridized carbons (Fsp3) is 0.211. The molecule has 2 aromatic heterocycles. The molecule has 0 fully saturated rings. The molecular formula is C19H17N5O4S. The molecule has 3 aromatic rings. The lowest BCUT2D eigenvalue weighted by atomic mass is 9.97. The number of anilines is 2. The van der Waals surface area contributed by atoms with E-state index in [1.807, 2.05) is 0 Å². The number of Topliss-reactive ketones (excluding diaryl/α,β-unsaturated/α-hetero) is 1. The average molecular weight is 411 g/mol. The van der Waals surface area contributed by atoms with E-state index in [2.05, 4.69) is 15.5 Å². The van der Waals surface area contributed by atoms with E-state index in [-0.39, 0.29) is 12.3 Å². The number of ketones is 1. The summed E-state index contributed by atoms with van der Waals surface area (Å²) in [6.45, 7) is 0.773. The summed E-state index contributed by atoms with van der Waals surface area (Å²) in [5.74, 6) is -0.855. The predicted octanol–water partition coefficient (Wildman–Crippen LogP) is 1.86. The normalized spacial score (nSPS) is 13.5. The summed E-state index contributed by atoms with van der Waals surface area (Å²) in [4.78, 5) is 38.3. The quantitative estimate of drug-likeness (QED) is 0.592. The van der Waals surface area contributed by atoms with Crippen molar-refractivity contribution in [3.8, 4) is 10.8 Å². The van der Waals surface area contributed by atoms with Gasteiger partial charge < -0.3 is 15.1 Å². The summed E-state index contributed by atoms with van der Waals surface area (Å²) in [5, 5.41) is 11.5. The third-order valence-corrected chi connectivity index (χ3v) is 5.28. The van der Waals surface area contributed by atoms with E-state index in [1.54, 1.807) is 30.3 Å². The van der Waals surface area contributed by atoms with E-state index < -0.39 is 11.7 Å². The summed E-state index contributed by atoms with van der Waals surface area (Å²) in [6, 6.07) is 8.41. The van der Waals surface area contributed by atoms with Crippen LogP contribution in [0.25, 0.3) is 10.8 Å². The predicted molar refractivity (Wildman–Crippen MR) is 107 cm³/mol. The van der Waals surface area contributed by atoms with Crippen LogP contribution in [-0.2, 0) is 16.0 Å². The highest BCUT2D eigenvalue weighted by molar-refractivity contribution is 7.18. The van der Waals surface area contributed by atoms with Crippen molar-refractivity contribution in [1.29, 1.82) is 0 Å². The van der Waals surface area contributed by atoms with Gasteiger partial charge in [-0.3, -0.25) is 19.7 Å². The number of nitrogens with zero attached hydrogens (tertiary/aromatic N) is 3. The number of aromatic nitrogens is 2. The molecule has 0 saturated carbocycles. The van der Waals surface area contributed by atoms with Crippen molar-refractivity contribution in [3.05, 3.63) is 47.7 Å². The molecule has 0 unspecified atom stereocenters. The summed E-state index contributed by atoms with van der Waals surface area (Å²) in [7, 11) is 0. The smallest absolute Gasteiger partial charge is 0.294 e. The topological polar surface area (TPSA) is 131 Å². The maximum absolute atomic E-state index is 12.6. The number of benzene rings is 1. The summed E-state index contributed by atoms with van der Waals surface area (Å²) in [5.41, 5.74) is 7.15. The van der Waals surface area contributed by atoms with E-state index in [0.29, 0.717) is 52.2 Å². The lowest BCUT2D eigenvalue weighted by Crippen LogP contribution is -2.42. The fourth-order valence-electron chi connectivity index (χ4n) is 3.05. The molecule has 0 spiro atoms. The highest BCUT2D eigenvalue weighted by atomic mass is 32.1. The molecule has 0 aliphatic carbocycles. The molecule has 148 valence electrons. The van der Waals surface area contributed by atoms with Crippen LogP contribution in [0.3, 0.4) is 0 Å². The number of carbonyl (C=O) groups excluding carboxylic acids is 3. The Morgan fingerprint density at radius 1 is 1.28 bits per heavy atom. The largest absolute Gasteiger partial charge is 0.462 e. The van der Waals surface area contributed by atoms with Gasteiger partial charge >= 0.3 is 0 Å². The van der Waals surface area contributed by atoms with Gasteiger partial charge in [0, 0.05) is 24.2 Å². The molecule has 2 amide bonds. The Labute approximate surface area is 169 Å². The van der Waals surface area contributed by atoms with Crippen LogP contribution < -0.4 is 16.0 Å². The molecular weight excluding hydrogens is 394 g/mol. The van der Waals surface area contributed by atoms with Crippen molar-refractivity contribution < 1.29 is 18.8 Å². The second-order valence-corrected chi connectivity index (χ2v) is 7.36. The zero-order valence-electron chi connectivity index (χ0n) is 15.3. The van der Waals surface area contributed by atoms with Gasteiger partial charge in [-0.1, -0.05) is 11.3 Å². The molecule has 0 bridgehead atoms. The number of furan rings is 1. The standard InChI is InChI=1S/C19H17N5O4S/c20-6-2-7-24-13-5-4-11(9-12(13)10-14(25)18(24)27)16(26)21-19-23-22-17(29-19)15-3-1-8-28-15/h1,3-5,8-9H,2,6-7,10,20H2,(H,21,23,26). The van der Waals surface area contributed by atoms with E-state index in [4.69, 9.17) is 10.2 Å². The highest BCUT2D eigenvalue weighted by Gasteiger charge is 2.31. The van der Waals surface area contributed by atoms with Gasteiger partial charge in [-0.2, -0.15) is 0 Å². The fourth-order valence-corrected chi connectivity index (χ4v) is 3.76. The van der Waals surface area contributed by atoms with Gasteiger partial charge in [0.25, 0.3) is 11.8 Å². The molecule has 1 aliphatic heterocycles. The molecule has 1 aliphatic rings. The monoisotopic (exact) mass is 411 g/mol. The minimum Gasteiger partial charge on any atom is -0.462 e. The number of fused-ring (bicyclic) bond motifs is 1. The lowest BCUT2D eigenvalue weighted by molar-refractivity contribution is -0.136. The molecule has 3 N–H and O–H groups in total. The van der Waals surface area contributed by atoms with Crippen LogP contribution in [0.5, 0.6) is 0 Å². The second-order valence-electron chi connectivity index (χ2n) is 6.39. The molecule has 4 rings (SSSR count). The molecule has 3 heterocycles. The molecule has 0 radical (unpaired) electrons. The van der Waals surface area contributed by atoms with E-state index in [1.165, 1.54) is 22.5 Å². The van der Waals surface area contributed by atoms with Crippen LogP contribution in [-0.4, -0.2) is 40.9 Å². The van der Waals surface area contributed by atoms with Crippen LogP contribution in [0.2, 0.25) is 0 Å². The number of nitrogens with two attached hydrogens (primary N) is 1. The first-order chi connectivity index (χ1) is 14.1. The van der Waals surface area contributed by atoms with Crippen molar-refractivity contribution in [2.45, 2.75) is 12.8 Å². The number of hydrogen-bond acceptors (Lipinski definition) is 8. The van der Waals surface area contributed by atoms with Crippen molar-refractivity contribution in [1.82, 2.24) is 10.2 Å². The van der Waals surface area contributed by atoms with Gasteiger partial charge in [0.1, 0.15) is 0 Å². The number of nitrogens with one attached hydrogen (secondary N) is 1. The zero-order chi connectivity index (χ0) is 20.4. The second kappa shape index (κ2) is 7.94. The SMILES string of the molecule is NCCCN1C(=O)C(=O)Cc2cc(C(=O)Nc3nnc(-c4ccco4)s3)ccc21. The van der Waals surface area contributed by atoms with E-state index in [9.17, 15) is 14.4 Å². The van der Waals surface area contributed by atoms with E-state index in [0.717, 1.165) is 0 Å². The number of carbonyl (C=O) groups is 3. The molecule has 0 saturated heterocycles. The maximum Gasteiger partial charge on any atom is 0.294 e. The van der Waals surface area contributed by atoms with Gasteiger partial charge in [0.15, 0.2) is 10.8 Å². The van der Waals surface area contributed by atoms with Crippen molar-refractivity contribution in [2.75, 3.05) is 23.3 Å². The Kier molecular flexibility index (Phi) is 5.19. The lowest BCUT2D eigenvalue weighted by Gasteiger charge is -2.28. The molecule has 29 heavy (non-hydrogen) atoms. The van der Waals surface area contributed by atoms with Crippen LogP contribution in [0.15, 0.2) is 41.0 Å². The van der Waals surface area contributed by atoms with Crippen LogP contribution in [0.4, 0.5) is 10.8 Å². The molecule has 9 nitrogen and oxygen atoms in total. The van der Waals surface area contributed by atoms with Gasteiger partial charge in [0.05, 0.1) is 6.26 Å². The number of rotatable bonds is 6. The molecule has 10 heteroatoms. The molecule has 1 aromatic carbocycles. The van der Waals surface area contributed by atoms with Crippen LogP contribution in [0, 0.1) is 0 Å². The Bertz CT molecular complexity index is 1080. The zero-order valence-corrected chi connectivity index (χ0v) is 16.1. The van der Waals surface area contributed by atoms with Crippen LogP contribution in [0.1, 0.15) is 22.3 Å². The Hall–Kier alpha value is -3.37. The first-order valence-electron chi connectivity index (χ1n) is 8.93. The first kappa shape index (κ1) is 19.0. The van der Waals surface area contributed by atoms with Gasteiger partial charge in [-0.25, -0.2) is 0 Å². The third-order valence-electron chi connectivity index (χ3n) is 4.43. The highest BCUT2D eigenvalue weighted by Crippen LogP contribution is 2.29. The van der Waals surface area contributed by atoms with Gasteiger partial charge in [-0.15, -0.1) is 10.2 Å². The Balaban J connectivity index is 1.54. The Morgan fingerprint density at radius 3 is 2.90 bits per heavy atom. The van der Waals surface area contributed by atoms with Crippen molar-refractivity contribution in [2.24, 2.45) is 5.73 Å². The minimum absolute atomic E-state index is 0.0319. The average Bonchev–Trinajstić information content (AvgIpc) is 3.40. The minimum atomic E-state index is -0.539. The van der Waals surface area contributed by atoms with Crippen LogP contribution >= 0.6 is 11.3 Å². The summed E-state index contributed by atoms with van der Waals surface area (Å²) >= 11 is 1.19. The Morgan fingerprint density at radius 2 is 2.14 bits per heavy atom. The maximum atomic E-state index is 12.6. The summed E-state index contributed by atoms with van der Waals surface area (Å²) < 4.78 is 5.26. The molecule has 0 atom stereocenters. The van der Waals surface area contributed by atoms with Crippen molar-refractivity contribution >= 4 is 39.8 Å². The van der Waals surface area contributed by atoms with Crippen molar-refractivity contribution in [3.63, 3.8) is 0 Å². The third kappa shape index (κ3) is 3.80. The van der Waals surface area contributed by atoms with Gasteiger partial charge in [0.2, 0.25) is 10.9 Å². The van der Waals surface area contributed by atoms with E-state index >= 15 is 0 Å². The first-order valence-corrected chi connectivity index (χ1v) is 9.75. The summed E-state index contributed by atoms with van der Waals surface area (Å²) in [6.07, 6.45) is 2.08.